The highest BCUT2D eigenvalue weighted by Crippen LogP contribution is 2.20. The maximum atomic E-state index is 10.4. The summed E-state index contributed by atoms with van der Waals surface area (Å²) in [6, 6.07) is 7.08. The zero-order chi connectivity index (χ0) is 11.3. The van der Waals surface area contributed by atoms with Gasteiger partial charge in [0, 0.05) is 0 Å². The molecule has 0 fully saturated rings. The van der Waals surface area contributed by atoms with Crippen LogP contribution >= 0.6 is 12.2 Å². The first-order valence-corrected chi connectivity index (χ1v) is 4.61. The summed E-state index contributed by atoms with van der Waals surface area (Å²) >= 11 is 4.70. The van der Waals surface area contributed by atoms with E-state index in [1.165, 1.54) is 0 Å². The zero-order valence-corrected chi connectivity index (χ0v) is 8.67. The number of hydrogen-bond donors (Lipinski definition) is 4. The molecule has 0 bridgehead atoms. The molecule has 6 heteroatoms. The monoisotopic (exact) mass is 225 g/mol. The fraction of sp³-hybridized carbons (Fsp3) is 0.111. The molecule has 0 amide bonds. The molecule has 0 aliphatic carbocycles. The van der Waals surface area contributed by atoms with Crippen molar-refractivity contribution >= 4 is 34.7 Å². The molecule has 15 heavy (non-hydrogen) atoms. The third-order valence-electron chi connectivity index (χ3n) is 1.61. The summed E-state index contributed by atoms with van der Waals surface area (Å²) in [6.45, 7) is -0.157. The molecule has 1 aromatic carbocycles. The molecule has 0 radical (unpaired) electrons. The van der Waals surface area contributed by atoms with Crippen LogP contribution in [0.25, 0.3) is 0 Å². The summed E-state index contributed by atoms with van der Waals surface area (Å²) in [5, 5.41) is 14.1. The lowest BCUT2D eigenvalue weighted by Crippen LogP contribution is -2.20. The molecule has 0 aliphatic rings. The smallest absolute Gasteiger partial charge is 0.322 e. The third-order valence-corrected chi connectivity index (χ3v) is 1.72. The molecular formula is C9H11N3O2S. The maximum Gasteiger partial charge on any atom is 0.322 e. The molecule has 5 N–H and O–H groups in total. The first-order valence-electron chi connectivity index (χ1n) is 4.20. The Morgan fingerprint density at radius 3 is 2.53 bits per heavy atom. The van der Waals surface area contributed by atoms with Gasteiger partial charge in [0.25, 0.3) is 0 Å². The first kappa shape index (κ1) is 11.3. The molecule has 1 rings (SSSR count). The predicted octanol–water partition coefficient (Wildman–Crippen LogP) is 0.839. The number of thiocarbonyl (C=S) groups is 1. The minimum absolute atomic E-state index is 0.138. The number of hydrogen-bond acceptors (Lipinski definition) is 3. The van der Waals surface area contributed by atoms with Gasteiger partial charge < -0.3 is 21.5 Å². The van der Waals surface area contributed by atoms with E-state index in [-0.39, 0.29) is 11.7 Å². The number of benzene rings is 1. The number of carboxylic acid groups (broad SMARTS) is 1. The molecule has 0 aliphatic heterocycles. The van der Waals surface area contributed by atoms with Crippen LogP contribution < -0.4 is 16.4 Å². The lowest BCUT2D eigenvalue weighted by Gasteiger charge is -2.11. The van der Waals surface area contributed by atoms with Gasteiger partial charge in [-0.05, 0) is 24.4 Å². The second kappa shape index (κ2) is 5.16. The Morgan fingerprint density at radius 2 is 2.00 bits per heavy atom. The molecule has 5 nitrogen and oxygen atoms in total. The number of rotatable bonds is 4. The molecule has 0 saturated carbocycles. The van der Waals surface area contributed by atoms with Crippen LogP contribution in [0.4, 0.5) is 11.4 Å². The molecular weight excluding hydrogens is 214 g/mol. The lowest BCUT2D eigenvalue weighted by atomic mass is 10.2. The van der Waals surface area contributed by atoms with E-state index < -0.39 is 5.97 Å². The van der Waals surface area contributed by atoms with E-state index in [1.807, 2.05) is 0 Å². The largest absolute Gasteiger partial charge is 0.480 e. The lowest BCUT2D eigenvalue weighted by molar-refractivity contribution is -0.134. The second-order valence-electron chi connectivity index (χ2n) is 2.78. The number of nitrogens with two attached hydrogens (primary N) is 1. The minimum atomic E-state index is -0.930. The summed E-state index contributed by atoms with van der Waals surface area (Å²) in [7, 11) is 0. The van der Waals surface area contributed by atoms with E-state index in [0.717, 1.165) is 0 Å². The number of carbonyl (C=O) groups is 1. The number of aliphatic carboxylic acids is 1. The van der Waals surface area contributed by atoms with E-state index in [0.29, 0.717) is 11.4 Å². The van der Waals surface area contributed by atoms with E-state index in [9.17, 15) is 4.79 Å². The highest BCUT2D eigenvalue weighted by Gasteiger charge is 2.03. The van der Waals surface area contributed by atoms with Crippen molar-refractivity contribution in [2.75, 3.05) is 17.2 Å². The van der Waals surface area contributed by atoms with Crippen molar-refractivity contribution in [2.24, 2.45) is 5.73 Å². The Kier molecular flexibility index (Phi) is 3.87. The van der Waals surface area contributed by atoms with Gasteiger partial charge in [-0.1, -0.05) is 12.1 Å². The Morgan fingerprint density at radius 1 is 1.40 bits per heavy atom. The van der Waals surface area contributed by atoms with Crippen LogP contribution in [0.2, 0.25) is 0 Å². The fourth-order valence-electron chi connectivity index (χ4n) is 1.05. The van der Waals surface area contributed by atoms with Gasteiger partial charge in [0.15, 0.2) is 5.11 Å². The van der Waals surface area contributed by atoms with E-state index >= 15 is 0 Å². The first-order chi connectivity index (χ1) is 7.09. The van der Waals surface area contributed by atoms with Crippen molar-refractivity contribution < 1.29 is 9.90 Å². The van der Waals surface area contributed by atoms with Crippen LogP contribution in [0.1, 0.15) is 0 Å². The van der Waals surface area contributed by atoms with Crippen LogP contribution in [0.15, 0.2) is 24.3 Å². The third kappa shape index (κ3) is 3.82. The summed E-state index contributed by atoms with van der Waals surface area (Å²) in [6.07, 6.45) is 0. The Hall–Kier alpha value is -1.82. The van der Waals surface area contributed by atoms with Gasteiger partial charge in [-0.3, -0.25) is 4.79 Å². The van der Waals surface area contributed by atoms with Gasteiger partial charge in [-0.25, -0.2) is 0 Å². The number of carboxylic acids is 1. The zero-order valence-electron chi connectivity index (χ0n) is 7.86. The van der Waals surface area contributed by atoms with Gasteiger partial charge in [0.2, 0.25) is 0 Å². The Balaban J connectivity index is 2.76. The average Bonchev–Trinajstić information content (AvgIpc) is 2.15. The quantitative estimate of drug-likeness (QED) is 0.568. The normalized spacial score (nSPS) is 9.33. The van der Waals surface area contributed by atoms with Crippen molar-refractivity contribution in [1.82, 2.24) is 0 Å². The van der Waals surface area contributed by atoms with Gasteiger partial charge >= 0.3 is 5.97 Å². The summed E-state index contributed by atoms with van der Waals surface area (Å²) in [5.74, 6) is -0.930. The van der Waals surface area contributed by atoms with Crippen LogP contribution in [0.5, 0.6) is 0 Å². The second-order valence-corrected chi connectivity index (χ2v) is 3.22. The van der Waals surface area contributed by atoms with Crippen molar-refractivity contribution in [1.29, 1.82) is 0 Å². The van der Waals surface area contributed by atoms with Gasteiger partial charge in [0.05, 0.1) is 11.4 Å². The van der Waals surface area contributed by atoms with Crippen LogP contribution in [-0.2, 0) is 4.79 Å². The van der Waals surface area contributed by atoms with Crippen LogP contribution in [0, 0.1) is 0 Å². The van der Waals surface area contributed by atoms with Gasteiger partial charge in [-0.15, -0.1) is 0 Å². The fourth-order valence-corrected chi connectivity index (χ4v) is 1.16. The van der Waals surface area contributed by atoms with Crippen molar-refractivity contribution in [3.63, 3.8) is 0 Å². The average molecular weight is 225 g/mol. The number of nitrogens with one attached hydrogen (secondary N) is 2. The summed E-state index contributed by atoms with van der Waals surface area (Å²) in [5.41, 5.74) is 6.63. The van der Waals surface area contributed by atoms with E-state index in [4.69, 9.17) is 23.1 Å². The molecule has 80 valence electrons. The predicted molar refractivity (Wildman–Crippen MR) is 63.0 cm³/mol. The Bertz CT molecular complexity index is 381. The Labute approximate surface area is 92.3 Å². The highest BCUT2D eigenvalue weighted by atomic mass is 32.1. The van der Waals surface area contributed by atoms with Crippen molar-refractivity contribution in [3.05, 3.63) is 24.3 Å². The topological polar surface area (TPSA) is 87.4 Å². The number of para-hydroxylation sites is 2. The summed E-state index contributed by atoms with van der Waals surface area (Å²) in [4.78, 5) is 10.4. The molecule has 0 aromatic heterocycles. The molecule has 0 heterocycles. The van der Waals surface area contributed by atoms with Crippen LogP contribution in [0.3, 0.4) is 0 Å². The van der Waals surface area contributed by atoms with Crippen LogP contribution in [-0.4, -0.2) is 22.7 Å². The minimum Gasteiger partial charge on any atom is -0.480 e. The number of anilines is 2. The molecule has 0 unspecified atom stereocenters. The summed E-state index contributed by atoms with van der Waals surface area (Å²) < 4.78 is 0. The SMILES string of the molecule is NC(=S)Nc1ccccc1NCC(=O)O. The van der Waals surface area contributed by atoms with Crippen molar-refractivity contribution in [3.8, 4) is 0 Å². The van der Waals surface area contributed by atoms with Crippen molar-refractivity contribution in [2.45, 2.75) is 0 Å². The van der Waals surface area contributed by atoms with Gasteiger partial charge in [-0.2, -0.15) is 0 Å². The highest BCUT2D eigenvalue weighted by molar-refractivity contribution is 7.80. The maximum absolute atomic E-state index is 10.4. The standard InChI is InChI=1S/C9H11N3O2S/c10-9(15)12-7-4-2-1-3-6(7)11-5-8(13)14/h1-4,11H,5H2,(H,13,14)(H3,10,12,15). The van der Waals surface area contributed by atoms with E-state index in [1.54, 1.807) is 24.3 Å². The molecule has 1 aromatic rings. The van der Waals surface area contributed by atoms with E-state index in [2.05, 4.69) is 10.6 Å². The molecule has 0 saturated heterocycles. The van der Waals surface area contributed by atoms with Gasteiger partial charge in [0.1, 0.15) is 6.54 Å². The molecule has 0 atom stereocenters. The molecule has 0 spiro atoms.